The van der Waals surface area contributed by atoms with Crippen LogP contribution < -0.4 is 20.9 Å². The molecule has 0 bridgehead atoms. The molecule has 0 saturated heterocycles. The molecule has 0 radical (unpaired) electrons. The molecule has 120 valence electrons. The molecule has 0 spiro atoms. The lowest BCUT2D eigenvalue weighted by molar-refractivity contribution is 0.174. The minimum atomic E-state index is 0.246. The van der Waals surface area contributed by atoms with E-state index in [0.717, 1.165) is 39.4 Å². The summed E-state index contributed by atoms with van der Waals surface area (Å²) in [6.45, 7) is 0.563. The van der Waals surface area contributed by atoms with Crippen molar-refractivity contribution in [3.8, 4) is 33.9 Å². The van der Waals surface area contributed by atoms with Gasteiger partial charge >= 0.3 is 0 Å². The molecule has 1 aliphatic heterocycles. The lowest BCUT2D eigenvalue weighted by atomic mass is 9.97. The quantitative estimate of drug-likeness (QED) is 0.774. The number of hydrogen-bond acceptors (Lipinski definition) is 5. The van der Waals surface area contributed by atoms with Gasteiger partial charge in [0.05, 0.1) is 5.69 Å². The second-order valence-corrected chi connectivity index (χ2v) is 5.56. The van der Waals surface area contributed by atoms with Gasteiger partial charge in [0.1, 0.15) is 5.82 Å². The van der Waals surface area contributed by atoms with Gasteiger partial charge in [0.2, 0.25) is 6.79 Å². The number of nitrogens with two attached hydrogens (primary N) is 2. The van der Waals surface area contributed by atoms with Crippen molar-refractivity contribution in [3.63, 3.8) is 0 Å². The molecule has 5 nitrogen and oxygen atoms in total. The Kier molecular flexibility index (Phi) is 3.55. The number of nitrogens with zero attached hydrogens (tertiary/aromatic N) is 1. The fraction of sp³-hybridized carbons (Fsp3) is 0.105. The first kappa shape index (κ1) is 14.5. The van der Waals surface area contributed by atoms with E-state index < -0.39 is 0 Å². The number of hydrogen-bond donors (Lipinski definition) is 2. The van der Waals surface area contributed by atoms with Crippen LogP contribution in [0.1, 0.15) is 5.56 Å². The molecule has 2 aromatic carbocycles. The number of benzene rings is 2. The number of aromatic nitrogens is 1. The van der Waals surface area contributed by atoms with Crippen LogP contribution in [0.5, 0.6) is 11.5 Å². The summed E-state index contributed by atoms with van der Waals surface area (Å²) in [5.74, 6) is 1.93. The molecule has 5 heteroatoms. The predicted octanol–water partition coefficient (Wildman–Crippen LogP) is 3.19. The first-order valence-electron chi connectivity index (χ1n) is 7.71. The third-order valence-electron chi connectivity index (χ3n) is 4.11. The van der Waals surface area contributed by atoms with Gasteiger partial charge in [-0.1, -0.05) is 36.4 Å². The molecule has 24 heavy (non-hydrogen) atoms. The van der Waals surface area contributed by atoms with Crippen LogP contribution in [-0.4, -0.2) is 11.8 Å². The van der Waals surface area contributed by atoms with E-state index in [9.17, 15) is 0 Å². The van der Waals surface area contributed by atoms with E-state index in [-0.39, 0.29) is 6.79 Å². The van der Waals surface area contributed by atoms with Crippen LogP contribution in [0.4, 0.5) is 5.82 Å². The first-order valence-corrected chi connectivity index (χ1v) is 7.71. The lowest BCUT2D eigenvalue weighted by Crippen LogP contribution is -2.07. The molecule has 2 heterocycles. The van der Waals surface area contributed by atoms with Gasteiger partial charge in [0.25, 0.3) is 0 Å². The van der Waals surface area contributed by atoms with Crippen molar-refractivity contribution in [2.75, 3.05) is 12.5 Å². The molecule has 0 fully saturated rings. The second-order valence-electron chi connectivity index (χ2n) is 5.56. The van der Waals surface area contributed by atoms with Gasteiger partial charge in [0.15, 0.2) is 11.5 Å². The number of ether oxygens (including phenoxy) is 2. The maximum atomic E-state index is 6.17. The van der Waals surface area contributed by atoms with Gasteiger partial charge in [-0.3, -0.25) is 0 Å². The Hall–Kier alpha value is -3.05. The van der Waals surface area contributed by atoms with Gasteiger partial charge in [-0.15, -0.1) is 0 Å². The van der Waals surface area contributed by atoms with Crippen molar-refractivity contribution in [2.24, 2.45) is 5.73 Å². The van der Waals surface area contributed by atoms with Gasteiger partial charge in [-0.2, -0.15) is 0 Å². The van der Waals surface area contributed by atoms with Crippen LogP contribution in [0, 0.1) is 0 Å². The smallest absolute Gasteiger partial charge is 0.231 e. The van der Waals surface area contributed by atoms with Crippen molar-refractivity contribution in [3.05, 3.63) is 60.2 Å². The highest BCUT2D eigenvalue weighted by atomic mass is 16.7. The van der Waals surface area contributed by atoms with E-state index in [2.05, 4.69) is 4.98 Å². The summed E-state index contributed by atoms with van der Waals surface area (Å²) >= 11 is 0. The Morgan fingerprint density at radius 2 is 1.71 bits per heavy atom. The maximum Gasteiger partial charge on any atom is 0.231 e. The Morgan fingerprint density at radius 1 is 0.917 bits per heavy atom. The molecule has 4 rings (SSSR count). The zero-order chi connectivity index (χ0) is 16.5. The normalized spacial score (nSPS) is 12.4. The average molecular weight is 319 g/mol. The van der Waals surface area contributed by atoms with Crippen LogP contribution in [0.2, 0.25) is 0 Å². The number of pyridine rings is 1. The molecule has 1 aliphatic rings. The summed E-state index contributed by atoms with van der Waals surface area (Å²) in [5.41, 5.74) is 16.7. The van der Waals surface area contributed by atoms with Crippen LogP contribution in [0.25, 0.3) is 22.4 Å². The molecule has 3 aromatic rings. The largest absolute Gasteiger partial charge is 0.454 e. The second kappa shape index (κ2) is 5.86. The molecule has 0 aliphatic carbocycles. The zero-order valence-electron chi connectivity index (χ0n) is 13.0. The highest BCUT2D eigenvalue weighted by molar-refractivity contribution is 5.78. The molecule has 0 unspecified atom stereocenters. The van der Waals surface area contributed by atoms with Crippen LogP contribution in [0.15, 0.2) is 54.6 Å². The topological polar surface area (TPSA) is 83.4 Å². The fourth-order valence-electron chi connectivity index (χ4n) is 2.88. The molecule has 0 saturated carbocycles. The highest BCUT2D eigenvalue weighted by Gasteiger charge is 2.17. The number of rotatable bonds is 3. The molecular formula is C19H17N3O2. The minimum absolute atomic E-state index is 0.246. The van der Waals surface area contributed by atoms with Crippen molar-refractivity contribution >= 4 is 5.82 Å². The van der Waals surface area contributed by atoms with Crippen LogP contribution >= 0.6 is 0 Å². The van der Waals surface area contributed by atoms with Gasteiger partial charge < -0.3 is 20.9 Å². The predicted molar refractivity (Wildman–Crippen MR) is 93.5 cm³/mol. The summed E-state index contributed by atoms with van der Waals surface area (Å²) < 4.78 is 10.9. The number of anilines is 1. The average Bonchev–Trinajstić information content (AvgIpc) is 3.09. The lowest BCUT2D eigenvalue weighted by Gasteiger charge is -2.14. The Balaban J connectivity index is 1.89. The Bertz CT molecular complexity index is 895. The van der Waals surface area contributed by atoms with Gasteiger partial charge in [-0.25, -0.2) is 4.98 Å². The third-order valence-corrected chi connectivity index (χ3v) is 4.11. The summed E-state index contributed by atoms with van der Waals surface area (Å²) in [5, 5.41) is 0. The zero-order valence-corrected chi connectivity index (χ0v) is 13.0. The SMILES string of the molecule is NCc1c(-c2ccc3c(c2)OCO3)cc(-c2ccccc2)nc1N. The van der Waals surface area contributed by atoms with Crippen molar-refractivity contribution in [1.82, 2.24) is 4.98 Å². The van der Waals surface area contributed by atoms with Crippen LogP contribution in [0.3, 0.4) is 0 Å². The molecule has 0 amide bonds. The van der Waals surface area contributed by atoms with E-state index in [1.165, 1.54) is 0 Å². The van der Waals surface area contributed by atoms with Gasteiger partial charge in [0, 0.05) is 17.7 Å². The number of fused-ring (bicyclic) bond motifs is 1. The monoisotopic (exact) mass is 319 g/mol. The molecule has 1 aromatic heterocycles. The van der Waals surface area contributed by atoms with E-state index >= 15 is 0 Å². The summed E-state index contributed by atoms with van der Waals surface area (Å²) in [6.07, 6.45) is 0. The Morgan fingerprint density at radius 3 is 2.50 bits per heavy atom. The summed E-state index contributed by atoms with van der Waals surface area (Å²) in [4.78, 5) is 4.51. The van der Waals surface area contributed by atoms with Gasteiger partial charge in [-0.05, 0) is 29.3 Å². The van der Waals surface area contributed by atoms with Crippen molar-refractivity contribution in [2.45, 2.75) is 6.54 Å². The van der Waals surface area contributed by atoms with Crippen molar-refractivity contribution < 1.29 is 9.47 Å². The fourth-order valence-corrected chi connectivity index (χ4v) is 2.88. The van der Waals surface area contributed by atoms with Crippen molar-refractivity contribution in [1.29, 1.82) is 0 Å². The molecule has 4 N–H and O–H groups in total. The highest BCUT2D eigenvalue weighted by Crippen LogP contribution is 2.38. The van der Waals surface area contributed by atoms with E-state index in [4.69, 9.17) is 20.9 Å². The summed E-state index contributed by atoms with van der Waals surface area (Å²) in [6, 6.07) is 17.8. The van der Waals surface area contributed by atoms with E-state index in [1.54, 1.807) is 0 Å². The standard InChI is InChI=1S/C19H17N3O2/c20-10-15-14(13-6-7-17-18(8-13)24-11-23-17)9-16(22-19(15)21)12-4-2-1-3-5-12/h1-9H,10-11,20H2,(H2,21,22). The van der Waals surface area contributed by atoms with E-state index in [1.807, 2.05) is 54.6 Å². The first-order chi connectivity index (χ1) is 11.8. The molecular weight excluding hydrogens is 302 g/mol. The Labute approximate surface area is 139 Å². The third kappa shape index (κ3) is 2.45. The minimum Gasteiger partial charge on any atom is -0.454 e. The maximum absolute atomic E-state index is 6.17. The van der Waals surface area contributed by atoms with E-state index in [0.29, 0.717) is 12.4 Å². The number of nitrogen functional groups attached to an aromatic ring is 1. The van der Waals surface area contributed by atoms with Crippen LogP contribution in [-0.2, 0) is 6.54 Å². The summed E-state index contributed by atoms with van der Waals surface area (Å²) in [7, 11) is 0. The molecule has 0 atom stereocenters.